The fraction of sp³-hybridized carbons (Fsp3) is 0.250. The number of nitrogens with zero attached hydrogens (tertiary/aromatic N) is 4. The van der Waals surface area contributed by atoms with E-state index in [0.29, 0.717) is 17.9 Å². The highest BCUT2D eigenvalue weighted by Gasteiger charge is 2.51. The van der Waals surface area contributed by atoms with Crippen LogP contribution in [0.2, 0.25) is 0 Å². The Morgan fingerprint density at radius 3 is 2.22 bits per heavy atom. The highest BCUT2D eigenvalue weighted by molar-refractivity contribution is 6.09. The lowest BCUT2D eigenvalue weighted by Crippen LogP contribution is -2.52. The SMILES string of the molecule is CC1=CC[C@H]2C(=O)N(N(CC(=O)c3cccc([N+](=O)[O-])c3)C(=O)c3ccc([N+](=O)[O-])cc3)C(=O)[C@H]2C1. The summed E-state index contributed by atoms with van der Waals surface area (Å²) in [4.78, 5) is 73.8. The van der Waals surface area contributed by atoms with E-state index < -0.39 is 51.7 Å². The number of nitro groups is 2. The number of non-ortho nitro benzene ring substituents is 2. The van der Waals surface area contributed by atoms with Crippen LogP contribution < -0.4 is 0 Å². The summed E-state index contributed by atoms with van der Waals surface area (Å²) in [5, 5.41) is 23.5. The maximum Gasteiger partial charge on any atom is 0.273 e. The second-order valence-electron chi connectivity index (χ2n) is 8.59. The number of hydrogen-bond acceptors (Lipinski definition) is 8. The van der Waals surface area contributed by atoms with Crippen molar-refractivity contribution in [3.63, 3.8) is 0 Å². The first-order valence-electron chi connectivity index (χ1n) is 11.0. The van der Waals surface area contributed by atoms with Crippen LogP contribution >= 0.6 is 0 Å². The Kier molecular flexibility index (Phi) is 6.43. The van der Waals surface area contributed by atoms with Crippen LogP contribution in [0, 0.1) is 32.1 Å². The first-order chi connectivity index (χ1) is 17.1. The van der Waals surface area contributed by atoms with Crippen LogP contribution in [0.1, 0.15) is 40.5 Å². The van der Waals surface area contributed by atoms with Crippen LogP contribution in [-0.2, 0) is 9.59 Å². The molecule has 184 valence electrons. The van der Waals surface area contributed by atoms with E-state index in [0.717, 1.165) is 40.9 Å². The van der Waals surface area contributed by atoms with E-state index in [1.54, 1.807) is 0 Å². The van der Waals surface area contributed by atoms with E-state index in [2.05, 4.69) is 0 Å². The summed E-state index contributed by atoms with van der Waals surface area (Å²) in [6, 6.07) is 9.38. The minimum atomic E-state index is -0.895. The Hall–Kier alpha value is -4.74. The van der Waals surface area contributed by atoms with Gasteiger partial charge in [0.15, 0.2) is 5.78 Å². The molecule has 1 aliphatic carbocycles. The Morgan fingerprint density at radius 2 is 1.58 bits per heavy atom. The van der Waals surface area contributed by atoms with E-state index in [9.17, 15) is 39.4 Å². The van der Waals surface area contributed by atoms with E-state index in [4.69, 9.17) is 0 Å². The summed E-state index contributed by atoms with van der Waals surface area (Å²) in [7, 11) is 0. The molecule has 12 heteroatoms. The first-order valence-corrected chi connectivity index (χ1v) is 11.0. The van der Waals surface area contributed by atoms with Crippen molar-refractivity contribution in [2.24, 2.45) is 11.8 Å². The van der Waals surface area contributed by atoms with Gasteiger partial charge in [0.1, 0.15) is 6.54 Å². The third kappa shape index (κ3) is 4.48. The third-order valence-corrected chi connectivity index (χ3v) is 6.27. The maximum atomic E-state index is 13.5. The molecule has 0 N–H and O–H groups in total. The number of hydrazine groups is 1. The molecule has 0 spiro atoms. The first kappa shape index (κ1) is 24.4. The fourth-order valence-corrected chi connectivity index (χ4v) is 4.39. The molecule has 4 rings (SSSR count). The van der Waals surface area contributed by atoms with Gasteiger partial charge in [0.25, 0.3) is 29.1 Å². The number of carbonyl (C=O) groups is 4. The van der Waals surface area contributed by atoms with E-state index in [1.807, 2.05) is 13.0 Å². The lowest BCUT2D eigenvalue weighted by molar-refractivity contribution is -0.385. The molecular formula is C24H20N4O8. The molecule has 0 bridgehead atoms. The highest BCUT2D eigenvalue weighted by atomic mass is 16.6. The summed E-state index contributed by atoms with van der Waals surface area (Å²) in [6.45, 7) is 1.09. The van der Waals surface area contributed by atoms with Crippen LogP contribution in [0.5, 0.6) is 0 Å². The van der Waals surface area contributed by atoms with Gasteiger partial charge in [-0.1, -0.05) is 23.8 Å². The zero-order chi connectivity index (χ0) is 26.1. The van der Waals surface area contributed by atoms with Gasteiger partial charge in [-0.25, -0.2) is 5.01 Å². The van der Waals surface area contributed by atoms with Crippen LogP contribution in [0.3, 0.4) is 0 Å². The number of Topliss-reactive ketones (excluding diaryl/α,β-unsaturated/α-hetero) is 1. The predicted molar refractivity (Wildman–Crippen MR) is 123 cm³/mol. The molecule has 0 unspecified atom stereocenters. The monoisotopic (exact) mass is 492 g/mol. The van der Waals surface area contributed by atoms with Crippen LogP contribution in [-0.4, -0.2) is 49.9 Å². The summed E-state index contributed by atoms with van der Waals surface area (Å²) in [6.07, 6.45) is 2.51. The van der Waals surface area contributed by atoms with Crippen molar-refractivity contribution in [1.82, 2.24) is 10.0 Å². The van der Waals surface area contributed by atoms with Gasteiger partial charge in [0, 0.05) is 35.4 Å². The molecule has 1 aliphatic heterocycles. The molecule has 0 radical (unpaired) electrons. The summed E-state index contributed by atoms with van der Waals surface area (Å²) in [5.41, 5.74) is 0.152. The van der Waals surface area contributed by atoms with Crippen molar-refractivity contribution in [3.8, 4) is 0 Å². The van der Waals surface area contributed by atoms with E-state index in [1.165, 1.54) is 18.2 Å². The Morgan fingerprint density at radius 1 is 0.944 bits per heavy atom. The Balaban J connectivity index is 1.70. The number of carbonyl (C=O) groups excluding carboxylic acids is 4. The number of rotatable bonds is 7. The van der Waals surface area contributed by atoms with Gasteiger partial charge < -0.3 is 0 Å². The molecule has 2 atom stereocenters. The summed E-state index contributed by atoms with van der Waals surface area (Å²) >= 11 is 0. The van der Waals surface area contributed by atoms with E-state index >= 15 is 0 Å². The van der Waals surface area contributed by atoms with Crippen molar-refractivity contribution in [1.29, 1.82) is 0 Å². The maximum absolute atomic E-state index is 13.5. The smallest absolute Gasteiger partial charge is 0.273 e. The van der Waals surface area contributed by atoms with Crippen LogP contribution in [0.15, 0.2) is 60.2 Å². The predicted octanol–water partition coefficient (Wildman–Crippen LogP) is 3.08. The van der Waals surface area contributed by atoms with Crippen LogP contribution in [0.25, 0.3) is 0 Å². The van der Waals surface area contributed by atoms with Crippen molar-refractivity contribution in [2.45, 2.75) is 19.8 Å². The summed E-state index contributed by atoms with van der Waals surface area (Å²) < 4.78 is 0. The van der Waals surface area contributed by atoms with Gasteiger partial charge in [-0.15, -0.1) is 0 Å². The fourth-order valence-electron chi connectivity index (χ4n) is 4.39. The van der Waals surface area contributed by atoms with Crippen molar-refractivity contribution in [3.05, 3.63) is 91.5 Å². The van der Waals surface area contributed by atoms with E-state index in [-0.39, 0.29) is 22.5 Å². The number of amides is 3. The molecule has 36 heavy (non-hydrogen) atoms. The second kappa shape index (κ2) is 9.49. The minimum Gasteiger partial charge on any atom is -0.292 e. The molecule has 1 heterocycles. The summed E-state index contributed by atoms with van der Waals surface area (Å²) in [5.74, 6) is -4.24. The number of nitro benzene ring substituents is 2. The van der Waals surface area contributed by atoms with Gasteiger partial charge >= 0.3 is 0 Å². The number of fused-ring (bicyclic) bond motifs is 1. The molecule has 2 aliphatic rings. The number of ketones is 1. The van der Waals surface area contributed by atoms with Crippen LogP contribution in [0.4, 0.5) is 11.4 Å². The standard InChI is InChI=1S/C24H20N4O8/c1-14-5-10-19-20(11-14)24(32)26(23(19)31)25(22(30)15-6-8-17(9-7-15)27(33)34)13-21(29)16-3-2-4-18(12-16)28(35)36/h2-9,12,19-20H,10-11,13H2,1H3/t19-,20+/m1/s1. The Bertz CT molecular complexity index is 1330. The average Bonchev–Trinajstić information content (AvgIpc) is 3.11. The zero-order valence-electron chi connectivity index (χ0n) is 19.0. The van der Waals surface area contributed by atoms with Gasteiger partial charge in [-0.05, 0) is 31.9 Å². The van der Waals surface area contributed by atoms with Gasteiger partial charge in [0.05, 0.1) is 21.7 Å². The second-order valence-corrected chi connectivity index (χ2v) is 8.59. The molecule has 12 nitrogen and oxygen atoms in total. The largest absolute Gasteiger partial charge is 0.292 e. The molecule has 1 fully saturated rings. The van der Waals surface area contributed by atoms with Crippen molar-refractivity contribution in [2.75, 3.05) is 6.54 Å². The van der Waals surface area contributed by atoms with Gasteiger partial charge in [0.2, 0.25) is 0 Å². The molecule has 3 amide bonds. The topological polar surface area (TPSA) is 161 Å². The Labute approximate surface area is 204 Å². The molecule has 2 aromatic carbocycles. The third-order valence-electron chi connectivity index (χ3n) is 6.27. The number of allylic oxidation sites excluding steroid dienone is 2. The van der Waals surface area contributed by atoms with Gasteiger partial charge in [-0.3, -0.25) is 39.4 Å². The quantitative estimate of drug-likeness (QED) is 0.187. The number of hydrogen-bond donors (Lipinski definition) is 0. The molecule has 1 saturated heterocycles. The molecule has 2 aromatic rings. The molecular weight excluding hydrogens is 472 g/mol. The van der Waals surface area contributed by atoms with Crippen molar-refractivity contribution < 1.29 is 29.0 Å². The lowest BCUT2D eigenvalue weighted by atomic mass is 9.82. The minimum absolute atomic E-state index is 0.0836. The van der Waals surface area contributed by atoms with Gasteiger partial charge in [-0.2, -0.15) is 5.01 Å². The number of imide groups is 1. The average molecular weight is 492 g/mol. The van der Waals surface area contributed by atoms with Crippen molar-refractivity contribution >= 4 is 34.9 Å². The highest BCUT2D eigenvalue weighted by Crippen LogP contribution is 2.38. The number of benzene rings is 2. The molecule has 0 aromatic heterocycles. The normalized spacial score (nSPS) is 18.9. The zero-order valence-corrected chi connectivity index (χ0v) is 19.0. The lowest BCUT2D eigenvalue weighted by Gasteiger charge is -2.30. The molecule has 0 saturated carbocycles.